The number of halogens is 1. The molecular weight excluding hydrogens is 288 g/mol. The van der Waals surface area contributed by atoms with E-state index in [1.807, 2.05) is 19.1 Å². The third-order valence-electron chi connectivity index (χ3n) is 3.79. The van der Waals surface area contributed by atoms with Gasteiger partial charge in [-0.15, -0.1) is 0 Å². The fourth-order valence-corrected chi connectivity index (χ4v) is 3.00. The predicted molar refractivity (Wildman–Crippen MR) is 84.5 cm³/mol. The lowest BCUT2D eigenvalue weighted by molar-refractivity contribution is -0.123. The molecule has 0 aromatic heterocycles. The van der Waals surface area contributed by atoms with Crippen LogP contribution in [-0.2, 0) is 9.53 Å². The quantitative estimate of drug-likeness (QED) is 0.878. The lowest BCUT2D eigenvalue weighted by Gasteiger charge is -2.25. The molecule has 1 N–H and O–H groups in total. The van der Waals surface area contributed by atoms with E-state index >= 15 is 0 Å². The molecule has 0 bridgehead atoms. The second-order valence-corrected chi connectivity index (χ2v) is 6.04. The van der Waals surface area contributed by atoms with Crippen molar-refractivity contribution in [3.8, 4) is 0 Å². The van der Waals surface area contributed by atoms with Gasteiger partial charge in [-0.25, -0.2) is 0 Å². The molecule has 2 rings (SSSR count). The molecule has 1 aromatic rings. The van der Waals surface area contributed by atoms with Gasteiger partial charge in [0.25, 0.3) is 0 Å². The maximum absolute atomic E-state index is 12.1. The number of rotatable bonds is 6. The molecule has 1 saturated heterocycles. The number of nitrogens with one attached hydrogen (secondary N) is 1. The van der Waals surface area contributed by atoms with E-state index in [-0.39, 0.29) is 11.9 Å². The number of nitrogens with zero attached hydrogens (tertiary/aromatic N) is 1. The van der Waals surface area contributed by atoms with Gasteiger partial charge in [0.05, 0.1) is 13.2 Å². The Morgan fingerprint density at radius 1 is 1.48 bits per heavy atom. The van der Waals surface area contributed by atoms with Crippen LogP contribution < -0.4 is 5.32 Å². The zero-order chi connectivity index (χ0) is 15.2. The van der Waals surface area contributed by atoms with Crippen LogP contribution in [0.3, 0.4) is 0 Å². The lowest BCUT2D eigenvalue weighted by Crippen LogP contribution is -2.42. The normalized spacial score (nSPS) is 20.4. The van der Waals surface area contributed by atoms with Crippen molar-refractivity contribution in [3.05, 3.63) is 34.9 Å². The molecule has 1 aliphatic heterocycles. The fraction of sp³-hybridized carbons (Fsp3) is 0.562. The number of hydrogen-bond donors (Lipinski definition) is 1. The minimum absolute atomic E-state index is 0.0408. The number of methoxy groups -OCH3 is 1. The van der Waals surface area contributed by atoms with E-state index in [0.717, 1.165) is 24.4 Å². The molecule has 1 fully saturated rings. The number of benzene rings is 1. The fourth-order valence-electron chi connectivity index (χ4n) is 2.87. The van der Waals surface area contributed by atoms with E-state index in [2.05, 4.69) is 22.3 Å². The first-order valence-electron chi connectivity index (χ1n) is 7.38. The molecule has 1 heterocycles. The van der Waals surface area contributed by atoms with Crippen molar-refractivity contribution in [2.24, 2.45) is 0 Å². The van der Waals surface area contributed by atoms with E-state index in [4.69, 9.17) is 16.3 Å². The summed E-state index contributed by atoms with van der Waals surface area (Å²) in [5, 5.41) is 3.71. The Hall–Kier alpha value is -1.10. The molecule has 1 aromatic carbocycles. The van der Waals surface area contributed by atoms with Gasteiger partial charge in [0.1, 0.15) is 0 Å². The van der Waals surface area contributed by atoms with Gasteiger partial charge in [0.2, 0.25) is 5.91 Å². The first-order chi connectivity index (χ1) is 10.1. The summed E-state index contributed by atoms with van der Waals surface area (Å²) in [6.45, 7) is 3.87. The number of hydrogen-bond acceptors (Lipinski definition) is 3. The Kier molecular flexibility index (Phi) is 6.03. The monoisotopic (exact) mass is 310 g/mol. The van der Waals surface area contributed by atoms with Crippen molar-refractivity contribution in [3.63, 3.8) is 0 Å². The van der Waals surface area contributed by atoms with Crippen molar-refractivity contribution < 1.29 is 9.53 Å². The smallest absolute Gasteiger partial charge is 0.234 e. The molecule has 2 unspecified atom stereocenters. The van der Waals surface area contributed by atoms with Crippen LogP contribution in [0.2, 0.25) is 5.02 Å². The molecular formula is C16H23ClN2O2. The zero-order valence-electron chi connectivity index (χ0n) is 12.6. The molecule has 4 nitrogen and oxygen atoms in total. The predicted octanol–water partition coefficient (Wildman–Crippen LogP) is 2.63. The van der Waals surface area contributed by atoms with Crippen molar-refractivity contribution in [2.45, 2.75) is 31.8 Å². The second-order valence-electron chi connectivity index (χ2n) is 5.60. The topological polar surface area (TPSA) is 41.6 Å². The first kappa shape index (κ1) is 16.3. The molecule has 5 heteroatoms. The van der Waals surface area contributed by atoms with Gasteiger partial charge in [0, 0.05) is 24.2 Å². The van der Waals surface area contributed by atoms with Gasteiger partial charge >= 0.3 is 0 Å². The Morgan fingerprint density at radius 3 is 2.86 bits per heavy atom. The van der Waals surface area contributed by atoms with Gasteiger partial charge in [-0.1, -0.05) is 23.7 Å². The summed E-state index contributed by atoms with van der Waals surface area (Å²) < 4.78 is 5.04. The molecule has 2 atom stereocenters. The third-order valence-corrected chi connectivity index (χ3v) is 4.04. The molecule has 1 aliphatic rings. The van der Waals surface area contributed by atoms with Gasteiger partial charge < -0.3 is 10.1 Å². The maximum Gasteiger partial charge on any atom is 0.234 e. The van der Waals surface area contributed by atoms with Crippen LogP contribution >= 0.6 is 11.6 Å². The van der Waals surface area contributed by atoms with E-state index in [9.17, 15) is 4.79 Å². The largest absolute Gasteiger partial charge is 0.383 e. The Bertz CT molecular complexity index is 464. The van der Waals surface area contributed by atoms with Crippen LogP contribution in [0.1, 0.15) is 31.4 Å². The molecule has 1 amide bonds. The highest BCUT2D eigenvalue weighted by Gasteiger charge is 2.27. The standard InChI is InChI=1S/C16H23ClN2O2/c1-12(11-21-2)18-16(20)10-19-9-3-4-15(19)13-5-7-14(17)8-6-13/h5-8,12,15H,3-4,9-11H2,1-2H3,(H,18,20). The summed E-state index contributed by atoms with van der Waals surface area (Å²) in [7, 11) is 1.64. The highest BCUT2D eigenvalue weighted by Crippen LogP contribution is 2.31. The number of likely N-dealkylation sites (tertiary alicyclic amines) is 1. The number of amides is 1. The van der Waals surface area contributed by atoms with Crippen LogP contribution in [0.25, 0.3) is 0 Å². The number of ether oxygens (including phenoxy) is 1. The summed E-state index contributed by atoms with van der Waals surface area (Å²) in [5.74, 6) is 0.0559. The van der Waals surface area contributed by atoms with E-state index in [1.165, 1.54) is 5.56 Å². The number of carbonyl (C=O) groups is 1. The highest BCUT2D eigenvalue weighted by atomic mass is 35.5. The Balaban J connectivity index is 1.92. The van der Waals surface area contributed by atoms with Gasteiger partial charge in [-0.3, -0.25) is 9.69 Å². The average Bonchev–Trinajstić information content (AvgIpc) is 2.87. The van der Waals surface area contributed by atoms with Crippen molar-refractivity contribution >= 4 is 17.5 Å². The van der Waals surface area contributed by atoms with Crippen LogP contribution in [0.4, 0.5) is 0 Å². The minimum atomic E-state index is 0.0408. The van der Waals surface area contributed by atoms with E-state index in [0.29, 0.717) is 19.2 Å². The van der Waals surface area contributed by atoms with Crippen molar-refractivity contribution in [2.75, 3.05) is 26.8 Å². The molecule has 0 aliphatic carbocycles. The third kappa shape index (κ3) is 4.70. The van der Waals surface area contributed by atoms with E-state index in [1.54, 1.807) is 7.11 Å². The van der Waals surface area contributed by atoms with Crippen LogP contribution in [0.5, 0.6) is 0 Å². The highest BCUT2D eigenvalue weighted by molar-refractivity contribution is 6.30. The van der Waals surface area contributed by atoms with Gasteiger partial charge in [-0.2, -0.15) is 0 Å². The maximum atomic E-state index is 12.1. The molecule has 0 radical (unpaired) electrons. The second kappa shape index (κ2) is 7.78. The first-order valence-corrected chi connectivity index (χ1v) is 7.75. The molecule has 0 saturated carbocycles. The zero-order valence-corrected chi connectivity index (χ0v) is 13.4. The number of carbonyl (C=O) groups excluding carboxylic acids is 1. The average molecular weight is 311 g/mol. The summed E-state index contributed by atoms with van der Waals surface area (Å²) in [4.78, 5) is 14.3. The Labute approximate surface area is 131 Å². The molecule has 116 valence electrons. The summed E-state index contributed by atoms with van der Waals surface area (Å²) in [6.07, 6.45) is 2.21. The van der Waals surface area contributed by atoms with Crippen LogP contribution in [-0.4, -0.2) is 43.7 Å². The van der Waals surface area contributed by atoms with Crippen LogP contribution in [0.15, 0.2) is 24.3 Å². The van der Waals surface area contributed by atoms with Crippen molar-refractivity contribution in [1.82, 2.24) is 10.2 Å². The van der Waals surface area contributed by atoms with E-state index < -0.39 is 0 Å². The molecule has 0 spiro atoms. The SMILES string of the molecule is COCC(C)NC(=O)CN1CCCC1c1ccc(Cl)cc1. The summed E-state index contributed by atoms with van der Waals surface area (Å²) in [6, 6.07) is 8.28. The van der Waals surface area contributed by atoms with Gasteiger partial charge in [0.15, 0.2) is 0 Å². The minimum Gasteiger partial charge on any atom is -0.383 e. The Morgan fingerprint density at radius 2 is 2.19 bits per heavy atom. The summed E-state index contributed by atoms with van der Waals surface area (Å²) in [5.41, 5.74) is 1.23. The van der Waals surface area contributed by atoms with Gasteiger partial charge in [-0.05, 0) is 44.0 Å². The molecule has 21 heavy (non-hydrogen) atoms. The lowest BCUT2D eigenvalue weighted by atomic mass is 10.0. The summed E-state index contributed by atoms with van der Waals surface area (Å²) >= 11 is 5.94. The van der Waals surface area contributed by atoms with Crippen molar-refractivity contribution in [1.29, 1.82) is 0 Å². The van der Waals surface area contributed by atoms with Crippen LogP contribution in [0, 0.1) is 0 Å².